The summed E-state index contributed by atoms with van der Waals surface area (Å²) in [4.78, 5) is 13.2. The number of carbonyl (C=O) groups excluding carboxylic acids is 1. The number of hydrogen-bond acceptors (Lipinski definition) is 3. The summed E-state index contributed by atoms with van der Waals surface area (Å²) in [5.74, 6) is 0.593. The lowest BCUT2D eigenvalue weighted by molar-refractivity contribution is 0.103. The lowest BCUT2D eigenvalue weighted by atomic mass is 10.0. The van der Waals surface area contributed by atoms with E-state index in [1.165, 1.54) is 0 Å². The van der Waals surface area contributed by atoms with Crippen LogP contribution in [0.5, 0.6) is 5.75 Å². The van der Waals surface area contributed by atoms with Crippen molar-refractivity contribution < 1.29 is 9.53 Å². The Morgan fingerprint density at radius 1 is 0.852 bits per heavy atom. The first-order valence-electron chi connectivity index (χ1n) is 8.65. The number of nitrogens with zero attached hydrogens (tertiary/aromatic N) is 2. The summed E-state index contributed by atoms with van der Waals surface area (Å²) in [5, 5.41) is 4.61. The number of hydrogen-bond donors (Lipinski definition) is 0. The first-order chi connectivity index (χ1) is 13.3. The van der Waals surface area contributed by atoms with Crippen LogP contribution in [0.4, 0.5) is 0 Å². The highest BCUT2D eigenvalue weighted by Crippen LogP contribution is 2.27. The van der Waals surface area contributed by atoms with Crippen molar-refractivity contribution in [1.29, 1.82) is 0 Å². The van der Waals surface area contributed by atoms with Gasteiger partial charge in [-0.05, 0) is 42.0 Å². The Balaban J connectivity index is 1.82. The second-order valence-electron chi connectivity index (χ2n) is 6.10. The standard InChI is InChI=1S/C23H18N2O2/c1-27-20-14-12-18(13-15-20)23(26)22-21(17-8-4-2-5-9-17)16-25(24-22)19-10-6-3-7-11-19/h2-16H,1H3. The molecule has 0 aliphatic carbocycles. The molecule has 0 unspecified atom stereocenters. The van der Waals surface area contributed by atoms with Crippen molar-refractivity contribution in [3.05, 3.63) is 102 Å². The van der Waals surface area contributed by atoms with Crippen LogP contribution in [0.15, 0.2) is 91.1 Å². The van der Waals surface area contributed by atoms with Crippen molar-refractivity contribution in [1.82, 2.24) is 9.78 Å². The lowest BCUT2D eigenvalue weighted by Crippen LogP contribution is -2.05. The van der Waals surface area contributed by atoms with Crippen LogP contribution in [-0.4, -0.2) is 22.7 Å². The molecule has 3 aromatic carbocycles. The van der Waals surface area contributed by atoms with E-state index >= 15 is 0 Å². The smallest absolute Gasteiger partial charge is 0.213 e. The minimum atomic E-state index is -0.119. The number of rotatable bonds is 5. The largest absolute Gasteiger partial charge is 0.497 e. The maximum atomic E-state index is 13.2. The fraction of sp³-hybridized carbons (Fsp3) is 0.0435. The van der Waals surface area contributed by atoms with E-state index in [4.69, 9.17) is 4.74 Å². The zero-order chi connectivity index (χ0) is 18.6. The van der Waals surface area contributed by atoms with Crippen molar-refractivity contribution in [3.8, 4) is 22.6 Å². The molecule has 0 amide bonds. The third-order valence-corrected chi connectivity index (χ3v) is 4.39. The zero-order valence-corrected chi connectivity index (χ0v) is 14.9. The summed E-state index contributed by atoms with van der Waals surface area (Å²) in [6.45, 7) is 0. The van der Waals surface area contributed by atoms with Crippen LogP contribution in [0.25, 0.3) is 16.8 Å². The van der Waals surface area contributed by atoms with Gasteiger partial charge in [0, 0.05) is 17.3 Å². The third kappa shape index (κ3) is 3.37. The van der Waals surface area contributed by atoms with Gasteiger partial charge in [-0.2, -0.15) is 5.10 Å². The summed E-state index contributed by atoms with van der Waals surface area (Å²) in [6, 6.07) is 26.7. The Kier molecular flexibility index (Phi) is 4.54. The average molecular weight is 354 g/mol. The number of carbonyl (C=O) groups is 1. The van der Waals surface area contributed by atoms with Gasteiger partial charge in [0.15, 0.2) is 0 Å². The van der Waals surface area contributed by atoms with E-state index in [1.807, 2.05) is 66.9 Å². The third-order valence-electron chi connectivity index (χ3n) is 4.39. The van der Waals surface area contributed by atoms with Gasteiger partial charge in [0.2, 0.25) is 5.78 Å². The van der Waals surface area contributed by atoms with Gasteiger partial charge in [0.1, 0.15) is 11.4 Å². The maximum Gasteiger partial charge on any atom is 0.213 e. The van der Waals surface area contributed by atoms with Crippen LogP contribution < -0.4 is 4.74 Å². The van der Waals surface area contributed by atoms with Crippen LogP contribution in [0.1, 0.15) is 16.1 Å². The average Bonchev–Trinajstić information content (AvgIpc) is 3.20. The number of para-hydroxylation sites is 1. The minimum absolute atomic E-state index is 0.119. The summed E-state index contributed by atoms with van der Waals surface area (Å²) in [6.07, 6.45) is 1.90. The van der Waals surface area contributed by atoms with Gasteiger partial charge in [-0.15, -0.1) is 0 Å². The van der Waals surface area contributed by atoms with Gasteiger partial charge in [-0.1, -0.05) is 48.5 Å². The fourth-order valence-electron chi connectivity index (χ4n) is 2.96. The van der Waals surface area contributed by atoms with Gasteiger partial charge < -0.3 is 4.74 Å². The molecule has 4 rings (SSSR count). The molecule has 0 aliphatic heterocycles. The van der Waals surface area contributed by atoms with Crippen LogP contribution >= 0.6 is 0 Å². The zero-order valence-electron chi connectivity index (χ0n) is 14.9. The molecule has 0 bridgehead atoms. The molecule has 0 spiro atoms. The van der Waals surface area contributed by atoms with Crippen LogP contribution in [0.3, 0.4) is 0 Å². The molecule has 0 saturated heterocycles. The Hall–Kier alpha value is -3.66. The molecular formula is C23H18N2O2. The molecule has 0 fully saturated rings. The minimum Gasteiger partial charge on any atom is -0.497 e. The van der Waals surface area contributed by atoms with E-state index in [1.54, 1.807) is 36.1 Å². The summed E-state index contributed by atoms with van der Waals surface area (Å²) < 4.78 is 6.93. The Bertz CT molecular complexity index is 1050. The summed E-state index contributed by atoms with van der Waals surface area (Å²) in [5.41, 5.74) is 3.67. The second kappa shape index (κ2) is 7.30. The Morgan fingerprint density at radius 3 is 2.11 bits per heavy atom. The highest BCUT2D eigenvalue weighted by atomic mass is 16.5. The number of benzene rings is 3. The molecule has 0 saturated carbocycles. The van der Waals surface area contributed by atoms with Gasteiger partial charge in [0.25, 0.3) is 0 Å². The lowest BCUT2D eigenvalue weighted by Gasteiger charge is -2.04. The molecule has 4 heteroatoms. The Morgan fingerprint density at radius 2 is 1.48 bits per heavy atom. The predicted octanol–water partition coefficient (Wildman–Crippen LogP) is 4.78. The first-order valence-corrected chi connectivity index (χ1v) is 8.65. The topological polar surface area (TPSA) is 44.1 Å². The van der Waals surface area contributed by atoms with Crippen LogP contribution in [-0.2, 0) is 0 Å². The number of ether oxygens (including phenoxy) is 1. The van der Waals surface area contributed by atoms with Crippen molar-refractivity contribution in [2.75, 3.05) is 7.11 Å². The van der Waals surface area contributed by atoms with Gasteiger partial charge in [-0.25, -0.2) is 4.68 Å². The van der Waals surface area contributed by atoms with E-state index < -0.39 is 0 Å². The maximum absolute atomic E-state index is 13.2. The van der Waals surface area contributed by atoms with Gasteiger partial charge in [-0.3, -0.25) is 4.79 Å². The number of ketones is 1. The molecule has 0 N–H and O–H groups in total. The fourth-order valence-corrected chi connectivity index (χ4v) is 2.96. The van der Waals surface area contributed by atoms with Crippen LogP contribution in [0.2, 0.25) is 0 Å². The van der Waals surface area contributed by atoms with Crippen molar-refractivity contribution in [2.45, 2.75) is 0 Å². The molecule has 0 radical (unpaired) electrons. The van der Waals surface area contributed by atoms with Crippen LogP contribution in [0, 0.1) is 0 Å². The Labute approximate surface area is 157 Å². The monoisotopic (exact) mass is 354 g/mol. The second-order valence-corrected chi connectivity index (χ2v) is 6.10. The van der Waals surface area contributed by atoms with E-state index in [0.29, 0.717) is 17.0 Å². The summed E-state index contributed by atoms with van der Waals surface area (Å²) in [7, 11) is 1.60. The molecule has 27 heavy (non-hydrogen) atoms. The molecule has 4 nitrogen and oxygen atoms in total. The van der Waals surface area contributed by atoms with Crippen molar-refractivity contribution in [3.63, 3.8) is 0 Å². The number of methoxy groups -OCH3 is 1. The number of aromatic nitrogens is 2. The highest BCUT2D eigenvalue weighted by molar-refractivity contribution is 6.11. The molecule has 1 aromatic heterocycles. The van der Waals surface area contributed by atoms with E-state index in [0.717, 1.165) is 16.8 Å². The SMILES string of the molecule is COc1ccc(C(=O)c2nn(-c3ccccc3)cc2-c2ccccc2)cc1. The quantitative estimate of drug-likeness (QED) is 0.485. The summed E-state index contributed by atoms with van der Waals surface area (Å²) >= 11 is 0. The van der Waals surface area contributed by atoms with E-state index in [2.05, 4.69) is 5.10 Å². The first kappa shape index (κ1) is 16.8. The normalized spacial score (nSPS) is 10.6. The molecule has 1 heterocycles. The molecular weight excluding hydrogens is 336 g/mol. The molecule has 4 aromatic rings. The molecule has 132 valence electrons. The highest BCUT2D eigenvalue weighted by Gasteiger charge is 2.20. The van der Waals surface area contributed by atoms with Crippen molar-refractivity contribution in [2.24, 2.45) is 0 Å². The van der Waals surface area contributed by atoms with Gasteiger partial charge in [0.05, 0.1) is 12.8 Å². The predicted molar refractivity (Wildman–Crippen MR) is 105 cm³/mol. The molecule has 0 aliphatic rings. The molecule has 0 atom stereocenters. The van der Waals surface area contributed by atoms with E-state index in [9.17, 15) is 4.79 Å². The van der Waals surface area contributed by atoms with Gasteiger partial charge >= 0.3 is 0 Å². The van der Waals surface area contributed by atoms with E-state index in [-0.39, 0.29) is 5.78 Å². The van der Waals surface area contributed by atoms with Crippen molar-refractivity contribution >= 4 is 5.78 Å².